The Morgan fingerprint density at radius 1 is 1.36 bits per heavy atom. The Morgan fingerprint density at radius 3 is 2.43 bits per heavy atom. The van der Waals surface area contributed by atoms with Gasteiger partial charge >= 0.3 is 0 Å². The Kier molecular flexibility index (Phi) is 6.49. The summed E-state index contributed by atoms with van der Waals surface area (Å²) >= 11 is 11.5. The summed E-state index contributed by atoms with van der Waals surface area (Å²) in [5, 5.41) is 6.96. The fraction of sp³-hybridized carbons (Fsp3) is 0.750. The summed E-state index contributed by atoms with van der Waals surface area (Å²) in [5.74, 6) is 3.19. The molecule has 1 aromatic heterocycles. The summed E-state index contributed by atoms with van der Waals surface area (Å²) in [7, 11) is 0. The summed E-state index contributed by atoms with van der Waals surface area (Å²) in [5.41, 5.74) is 0. The fourth-order valence-electron chi connectivity index (χ4n) is 1.19. The molecule has 14 heavy (non-hydrogen) atoms. The van der Waals surface area contributed by atoms with Crippen LogP contribution in [0.5, 0.6) is 0 Å². The number of aromatic nitrogens is 3. The smallest absolute Gasteiger partial charge is 0.292 e. The van der Waals surface area contributed by atoms with E-state index < -0.39 is 0 Å². The molecular weight excluding hydrogens is 244 g/mol. The van der Waals surface area contributed by atoms with Gasteiger partial charge in [-0.15, -0.1) is 28.3 Å². The summed E-state index contributed by atoms with van der Waals surface area (Å²) in [6, 6.07) is 0. The summed E-state index contributed by atoms with van der Waals surface area (Å²) in [4.78, 5) is 0. The maximum atomic E-state index is 5.75. The van der Waals surface area contributed by atoms with E-state index in [9.17, 15) is 0 Å². The average Bonchev–Trinajstić information content (AvgIpc) is 2.46. The van der Waals surface area contributed by atoms with Crippen LogP contribution in [0.3, 0.4) is 0 Å². The SMILES string of the molecule is CC(C)C[n+]1c(CCl)n[nH]c1CCl.[Cl-]. The van der Waals surface area contributed by atoms with E-state index in [4.69, 9.17) is 23.2 Å². The molecule has 0 fully saturated rings. The number of alkyl halides is 2. The number of halogens is 3. The van der Waals surface area contributed by atoms with Crippen LogP contribution in [0.2, 0.25) is 0 Å². The Labute approximate surface area is 100 Å². The van der Waals surface area contributed by atoms with Crippen molar-refractivity contribution in [1.29, 1.82) is 0 Å². The van der Waals surface area contributed by atoms with E-state index >= 15 is 0 Å². The van der Waals surface area contributed by atoms with Gasteiger partial charge in [-0.1, -0.05) is 13.8 Å². The van der Waals surface area contributed by atoms with Crippen molar-refractivity contribution in [1.82, 2.24) is 10.2 Å². The summed E-state index contributed by atoms with van der Waals surface area (Å²) in [6.45, 7) is 5.20. The second kappa shape index (κ2) is 6.49. The molecule has 0 bridgehead atoms. The van der Waals surface area contributed by atoms with E-state index in [-0.39, 0.29) is 12.4 Å². The van der Waals surface area contributed by atoms with Gasteiger partial charge < -0.3 is 12.4 Å². The fourth-order valence-corrected chi connectivity index (χ4v) is 1.60. The van der Waals surface area contributed by atoms with Gasteiger partial charge in [-0.05, 0) is 5.92 Å². The monoisotopic (exact) mass is 257 g/mol. The number of rotatable bonds is 4. The van der Waals surface area contributed by atoms with Gasteiger partial charge in [-0.2, -0.15) is 0 Å². The van der Waals surface area contributed by atoms with Crippen LogP contribution in [0.25, 0.3) is 0 Å². The Balaban J connectivity index is 0.00000169. The Hall–Kier alpha value is 0.01000. The van der Waals surface area contributed by atoms with Crippen LogP contribution in [0, 0.1) is 5.92 Å². The largest absolute Gasteiger partial charge is 1.00 e. The minimum absolute atomic E-state index is 0. The molecule has 0 aliphatic heterocycles. The van der Waals surface area contributed by atoms with Gasteiger partial charge in [0.05, 0.1) is 6.54 Å². The molecule has 0 atom stereocenters. The van der Waals surface area contributed by atoms with E-state index in [1.54, 1.807) is 0 Å². The van der Waals surface area contributed by atoms with Gasteiger partial charge in [-0.25, -0.2) is 4.57 Å². The van der Waals surface area contributed by atoms with E-state index in [0.717, 1.165) is 18.2 Å². The molecule has 0 unspecified atom stereocenters. The third kappa shape index (κ3) is 3.30. The molecule has 0 aromatic carbocycles. The lowest BCUT2D eigenvalue weighted by Gasteiger charge is -2.04. The normalized spacial score (nSPS) is 10.4. The standard InChI is InChI=1S/C8H13Cl2N3.ClH/c1-6(2)5-13-7(3-9)11-12-8(13)4-10;/h6H,3-5H2,1-2H3;1H. The molecule has 0 radical (unpaired) electrons. The molecule has 1 rings (SSSR count). The third-order valence-electron chi connectivity index (χ3n) is 1.75. The molecule has 82 valence electrons. The second-order valence-corrected chi connectivity index (χ2v) is 3.89. The van der Waals surface area contributed by atoms with Gasteiger partial charge in [0.25, 0.3) is 5.82 Å². The van der Waals surface area contributed by atoms with Crippen LogP contribution in [0.1, 0.15) is 25.5 Å². The van der Waals surface area contributed by atoms with Crippen LogP contribution in [0.4, 0.5) is 0 Å². The van der Waals surface area contributed by atoms with Gasteiger partial charge in [0.1, 0.15) is 11.8 Å². The van der Waals surface area contributed by atoms with Crippen molar-refractivity contribution in [3.63, 3.8) is 0 Å². The van der Waals surface area contributed by atoms with E-state index in [0.29, 0.717) is 17.7 Å². The first-order valence-electron chi connectivity index (χ1n) is 4.27. The highest BCUT2D eigenvalue weighted by Crippen LogP contribution is 2.01. The maximum absolute atomic E-state index is 5.75. The lowest BCUT2D eigenvalue weighted by molar-refractivity contribution is -0.714. The molecule has 0 aliphatic rings. The highest BCUT2D eigenvalue weighted by atomic mass is 35.5. The van der Waals surface area contributed by atoms with Gasteiger partial charge in [0.15, 0.2) is 0 Å². The maximum Gasteiger partial charge on any atom is 0.292 e. The minimum atomic E-state index is 0. The predicted molar refractivity (Wildman–Crippen MR) is 52.7 cm³/mol. The van der Waals surface area contributed by atoms with Crippen LogP contribution >= 0.6 is 23.2 Å². The number of aromatic amines is 1. The number of nitrogens with one attached hydrogen (secondary N) is 1. The third-order valence-corrected chi connectivity index (χ3v) is 2.24. The molecule has 0 aliphatic carbocycles. The van der Waals surface area contributed by atoms with E-state index in [1.807, 2.05) is 4.57 Å². The van der Waals surface area contributed by atoms with Gasteiger partial charge in [0, 0.05) is 5.10 Å². The molecule has 3 nitrogen and oxygen atoms in total. The zero-order chi connectivity index (χ0) is 9.84. The van der Waals surface area contributed by atoms with Gasteiger partial charge in [0.2, 0.25) is 5.82 Å². The molecule has 1 aromatic rings. The highest BCUT2D eigenvalue weighted by Gasteiger charge is 2.18. The molecule has 0 spiro atoms. The predicted octanol–water partition coefficient (Wildman–Crippen LogP) is -1.17. The number of nitrogens with zero attached hydrogens (tertiary/aromatic N) is 2. The number of hydrogen-bond donors (Lipinski definition) is 1. The first-order chi connectivity index (χ1) is 6.19. The minimum Gasteiger partial charge on any atom is -1.00 e. The Morgan fingerprint density at radius 2 is 2.00 bits per heavy atom. The first-order valence-corrected chi connectivity index (χ1v) is 5.33. The van der Waals surface area contributed by atoms with E-state index in [1.165, 1.54) is 0 Å². The molecule has 1 heterocycles. The van der Waals surface area contributed by atoms with Gasteiger partial charge in [-0.3, -0.25) is 0 Å². The highest BCUT2D eigenvalue weighted by molar-refractivity contribution is 6.17. The molecule has 0 amide bonds. The molecule has 0 saturated heterocycles. The van der Waals surface area contributed by atoms with Crippen molar-refractivity contribution in [3.8, 4) is 0 Å². The van der Waals surface area contributed by atoms with Crippen molar-refractivity contribution in [2.45, 2.75) is 32.2 Å². The number of H-pyrrole nitrogens is 1. The van der Waals surface area contributed by atoms with Crippen molar-refractivity contribution in [2.75, 3.05) is 0 Å². The van der Waals surface area contributed by atoms with E-state index in [2.05, 4.69) is 24.0 Å². The lowest BCUT2D eigenvalue weighted by Crippen LogP contribution is -3.00. The molecule has 0 saturated carbocycles. The van der Waals surface area contributed by atoms with Crippen LogP contribution in [0.15, 0.2) is 0 Å². The summed E-state index contributed by atoms with van der Waals surface area (Å²) < 4.78 is 2.05. The second-order valence-electron chi connectivity index (χ2n) is 3.36. The van der Waals surface area contributed by atoms with Crippen LogP contribution in [-0.4, -0.2) is 10.2 Å². The van der Waals surface area contributed by atoms with Crippen molar-refractivity contribution >= 4 is 23.2 Å². The van der Waals surface area contributed by atoms with Crippen LogP contribution in [-0.2, 0) is 18.3 Å². The van der Waals surface area contributed by atoms with Crippen molar-refractivity contribution in [2.24, 2.45) is 5.92 Å². The summed E-state index contributed by atoms with van der Waals surface area (Å²) in [6.07, 6.45) is 0. The zero-order valence-corrected chi connectivity index (χ0v) is 10.5. The average molecular weight is 259 g/mol. The molecule has 6 heteroatoms. The number of hydrogen-bond acceptors (Lipinski definition) is 1. The van der Waals surface area contributed by atoms with Crippen molar-refractivity contribution < 1.29 is 17.0 Å². The molecule has 1 N–H and O–H groups in total. The lowest BCUT2D eigenvalue weighted by atomic mass is 10.2. The molecular formula is C8H14Cl3N3. The quantitative estimate of drug-likeness (QED) is 0.536. The van der Waals surface area contributed by atoms with Crippen molar-refractivity contribution in [3.05, 3.63) is 11.6 Å². The Bertz CT molecular complexity index is 251. The first kappa shape index (κ1) is 14.0. The van der Waals surface area contributed by atoms with Crippen LogP contribution < -0.4 is 17.0 Å². The zero-order valence-electron chi connectivity index (χ0n) is 8.23. The topological polar surface area (TPSA) is 32.6 Å².